The van der Waals surface area contributed by atoms with E-state index in [2.05, 4.69) is 26.1 Å². The second-order valence-corrected chi connectivity index (χ2v) is 4.94. The number of ether oxygens (including phenoxy) is 1. The van der Waals surface area contributed by atoms with Crippen molar-refractivity contribution in [1.82, 2.24) is 5.32 Å². The molecular formula is C13H27NO. The lowest BCUT2D eigenvalue weighted by Gasteiger charge is -2.32. The Kier molecular flexibility index (Phi) is 6.26. The first kappa shape index (κ1) is 13.0. The van der Waals surface area contributed by atoms with Crippen molar-refractivity contribution in [1.29, 1.82) is 0 Å². The van der Waals surface area contributed by atoms with E-state index < -0.39 is 0 Å². The van der Waals surface area contributed by atoms with Gasteiger partial charge in [-0.2, -0.15) is 0 Å². The summed E-state index contributed by atoms with van der Waals surface area (Å²) in [5, 5.41) is 3.66. The van der Waals surface area contributed by atoms with Gasteiger partial charge in [0.25, 0.3) is 0 Å². The van der Waals surface area contributed by atoms with Crippen molar-refractivity contribution < 1.29 is 4.74 Å². The summed E-state index contributed by atoms with van der Waals surface area (Å²) in [5.41, 5.74) is 0. The van der Waals surface area contributed by atoms with Crippen molar-refractivity contribution >= 4 is 0 Å². The van der Waals surface area contributed by atoms with Crippen LogP contribution in [0.25, 0.3) is 0 Å². The number of rotatable bonds is 6. The molecule has 0 spiro atoms. The third-order valence-electron chi connectivity index (χ3n) is 3.16. The zero-order chi connectivity index (χ0) is 11.1. The quantitative estimate of drug-likeness (QED) is 0.685. The lowest BCUT2D eigenvalue weighted by molar-refractivity contribution is -0.0420. The molecule has 1 rings (SSSR count). The maximum atomic E-state index is 5.72. The first-order chi connectivity index (χ1) is 7.22. The van der Waals surface area contributed by atoms with Crippen LogP contribution in [0.1, 0.15) is 59.3 Å². The second-order valence-electron chi connectivity index (χ2n) is 4.94. The van der Waals surface area contributed by atoms with Gasteiger partial charge in [-0.3, -0.25) is 0 Å². The van der Waals surface area contributed by atoms with Crippen LogP contribution in [-0.2, 0) is 4.74 Å². The number of hydrogen-bond acceptors (Lipinski definition) is 2. The zero-order valence-electron chi connectivity index (χ0n) is 10.6. The van der Waals surface area contributed by atoms with Gasteiger partial charge in [0.2, 0.25) is 0 Å². The Hall–Kier alpha value is -0.0800. The van der Waals surface area contributed by atoms with E-state index in [0.717, 1.165) is 0 Å². The summed E-state index contributed by atoms with van der Waals surface area (Å²) < 4.78 is 5.72. The predicted molar refractivity (Wildman–Crippen MR) is 65.2 cm³/mol. The maximum absolute atomic E-state index is 5.72. The summed E-state index contributed by atoms with van der Waals surface area (Å²) >= 11 is 0. The summed E-state index contributed by atoms with van der Waals surface area (Å²) in [6, 6.07) is 0.686. The summed E-state index contributed by atoms with van der Waals surface area (Å²) in [4.78, 5) is 0. The highest BCUT2D eigenvalue weighted by Crippen LogP contribution is 2.18. The van der Waals surface area contributed by atoms with Crippen LogP contribution >= 0.6 is 0 Å². The van der Waals surface area contributed by atoms with Gasteiger partial charge in [0.15, 0.2) is 0 Å². The van der Waals surface area contributed by atoms with Crippen LogP contribution in [0.3, 0.4) is 0 Å². The van der Waals surface area contributed by atoms with Crippen LogP contribution in [0, 0.1) is 0 Å². The molecule has 0 amide bonds. The SMILES string of the molecule is CCCCCCNC1C[C@@H](C)O[C@@H](C)C1. The third-order valence-corrected chi connectivity index (χ3v) is 3.16. The highest BCUT2D eigenvalue weighted by molar-refractivity contribution is 4.78. The normalized spacial score (nSPS) is 31.8. The molecule has 0 aromatic rings. The molecule has 0 radical (unpaired) electrons. The average Bonchev–Trinajstić information content (AvgIpc) is 2.16. The summed E-state index contributed by atoms with van der Waals surface area (Å²) in [5.74, 6) is 0. The minimum Gasteiger partial charge on any atom is -0.375 e. The van der Waals surface area contributed by atoms with E-state index in [-0.39, 0.29) is 0 Å². The van der Waals surface area contributed by atoms with Gasteiger partial charge < -0.3 is 10.1 Å². The first-order valence-corrected chi connectivity index (χ1v) is 6.61. The predicted octanol–water partition coefficient (Wildman–Crippen LogP) is 3.11. The lowest BCUT2D eigenvalue weighted by atomic mass is 10.00. The molecule has 0 aromatic carbocycles. The number of hydrogen-bond donors (Lipinski definition) is 1. The summed E-state index contributed by atoms with van der Waals surface area (Å²) in [7, 11) is 0. The van der Waals surface area contributed by atoms with E-state index in [9.17, 15) is 0 Å². The molecule has 1 fully saturated rings. The molecule has 1 unspecified atom stereocenters. The highest BCUT2D eigenvalue weighted by Gasteiger charge is 2.23. The standard InChI is InChI=1S/C13H27NO/c1-4-5-6-7-8-14-13-9-11(2)15-12(3)10-13/h11-14H,4-10H2,1-3H3/t11-,12+,13?. The Morgan fingerprint density at radius 3 is 2.33 bits per heavy atom. The zero-order valence-corrected chi connectivity index (χ0v) is 10.6. The van der Waals surface area contributed by atoms with Crippen molar-refractivity contribution in [3.05, 3.63) is 0 Å². The van der Waals surface area contributed by atoms with Gasteiger partial charge in [-0.1, -0.05) is 26.2 Å². The number of unbranched alkanes of at least 4 members (excludes halogenated alkanes) is 3. The van der Waals surface area contributed by atoms with Crippen LogP contribution in [0.15, 0.2) is 0 Å². The minimum absolute atomic E-state index is 0.432. The van der Waals surface area contributed by atoms with E-state index in [1.807, 2.05) is 0 Å². The van der Waals surface area contributed by atoms with Gasteiger partial charge in [0, 0.05) is 6.04 Å². The second kappa shape index (κ2) is 7.24. The van der Waals surface area contributed by atoms with Gasteiger partial charge in [-0.25, -0.2) is 0 Å². The van der Waals surface area contributed by atoms with Gasteiger partial charge >= 0.3 is 0 Å². The Labute approximate surface area is 94.8 Å². The van der Waals surface area contributed by atoms with Crippen molar-refractivity contribution in [3.8, 4) is 0 Å². The molecule has 1 heterocycles. The van der Waals surface area contributed by atoms with Gasteiger partial charge in [0.1, 0.15) is 0 Å². The van der Waals surface area contributed by atoms with E-state index >= 15 is 0 Å². The molecule has 2 nitrogen and oxygen atoms in total. The summed E-state index contributed by atoms with van der Waals surface area (Å²) in [6.07, 6.45) is 8.62. The van der Waals surface area contributed by atoms with Crippen LogP contribution in [0.2, 0.25) is 0 Å². The average molecular weight is 213 g/mol. The smallest absolute Gasteiger partial charge is 0.0565 e. The van der Waals surface area contributed by atoms with E-state index in [1.54, 1.807) is 0 Å². The molecule has 0 bridgehead atoms. The Morgan fingerprint density at radius 1 is 1.07 bits per heavy atom. The molecule has 1 aliphatic heterocycles. The van der Waals surface area contributed by atoms with Crippen molar-refractivity contribution in [2.45, 2.75) is 77.5 Å². The van der Waals surface area contributed by atoms with E-state index in [0.29, 0.717) is 18.2 Å². The van der Waals surface area contributed by atoms with Crippen LogP contribution < -0.4 is 5.32 Å². The van der Waals surface area contributed by atoms with Gasteiger partial charge in [-0.15, -0.1) is 0 Å². The van der Waals surface area contributed by atoms with Crippen LogP contribution in [0.5, 0.6) is 0 Å². The topological polar surface area (TPSA) is 21.3 Å². The molecule has 0 saturated carbocycles. The van der Waals surface area contributed by atoms with Crippen molar-refractivity contribution in [2.75, 3.05) is 6.54 Å². The maximum Gasteiger partial charge on any atom is 0.0565 e. The number of nitrogens with one attached hydrogen (secondary N) is 1. The Balaban J connectivity index is 2.04. The fourth-order valence-corrected chi connectivity index (χ4v) is 2.43. The largest absolute Gasteiger partial charge is 0.375 e. The Morgan fingerprint density at radius 2 is 1.73 bits per heavy atom. The molecule has 15 heavy (non-hydrogen) atoms. The third kappa shape index (κ3) is 5.53. The summed E-state index contributed by atoms with van der Waals surface area (Å²) in [6.45, 7) is 7.81. The molecule has 1 aliphatic rings. The lowest BCUT2D eigenvalue weighted by Crippen LogP contribution is -2.41. The van der Waals surface area contributed by atoms with Gasteiger partial charge in [-0.05, 0) is 39.7 Å². The monoisotopic (exact) mass is 213 g/mol. The fourth-order valence-electron chi connectivity index (χ4n) is 2.43. The fraction of sp³-hybridized carbons (Fsp3) is 1.00. The van der Waals surface area contributed by atoms with Crippen molar-refractivity contribution in [2.24, 2.45) is 0 Å². The first-order valence-electron chi connectivity index (χ1n) is 6.61. The van der Waals surface area contributed by atoms with Gasteiger partial charge in [0.05, 0.1) is 12.2 Å². The van der Waals surface area contributed by atoms with Crippen LogP contribution in [-0.4, -0.2) is 24.8 Å². The molecule has 0 aromatic heterocycles. The molecule has 1 saturated heterocycles. The molecule has 3 atom stereocenters. The molecule has 1 N–H and O–H groups in total. The Bertz CT molecular complexity index is 151. The molecule has 2 heteroatoms. The van der Waals surface area contributed by atoms with Crippen LogP contribution in [0.4, 0.5) is 0 Å². The minimum atomic E-state index is 0.432. The molecule has 0 aliphatic carbocycles. The highest BCUT2D eigenvalue weighted by atomic mass is 16.5. The molecule has 90 valence electrons. The van der Waals surface area contributed by atoms with E-state index in [4.69, 9.17) is 4.74 Å². The van der Waals surface area contributed by atoms with Crippen molar-refractivity contribution in [3.63, 3.8) is 0 Å². The van der Waals surface area contributed by atoms with E-state index in [1.165, 1.54) is 45.1 Å². The molecular weight excluding hydrogens is 186 g/mol.